The third-order valence-electron chi connectivity index (χ3n) is 6.00. The number of amides is 2. The van der Waals surface area contributed by atoms with Gasteiger partial charge in [0.25, 0.3) is 0 Å². The summed E-state index contributed by atoms with van der Waals surface area (Å²) in [4.78, 5) is 36.5. The summed E-state index contributed by atoms with van der Waals surface area (Å²) in [5, 5.41) is 5.50. The molecule has 0 radical (unpaired) electrons. The molecular formula is C31H36N2O6. The van der Waals surface area contributed by atoms with Crippen LogP contribution in [-0.4, -0.2) is 37.7 Å². The Kier molecular flexibility index (Phi) is 12.4. The van der Waals surface area contributed by atoms with E-state index in [2.05, 4.69) is 10.6 Å². The summed E-state index contributed by atoms with van der Waals surface area (Å²) in [5.74, 6) is 0.00890. The summed E-state index contributed by atoms with van der Waals surface area (Å²) in [5.41, 5.74) is 2.88. The van der Waals surface area contributed by atoms with Crippen LogP contribution in [0.15, 0.2) is 84.9 Å². The standard InChI is InChI=1S/C31H36N2O6/c1-37-30(35)28(21-24-16-18-27(19-17-24)38-22-25-11-5-2-6-12-25)33-29(34)15-9-4-10-20-32-31(36)39-23-26-13-7-3-8-14-26/h2-3,5-8,11-14,16-19,28H,4,9-10,15,20-23H2,1H3,(H,32,36)(H,33,34)/t28-/m0/s1. The number of hydrogen-bond acceptors (Lipinski definition) is 6. The quantitative estimate of drug-likeness (QED) is 0.212. The van der Waals surface area contributed by atoms with E-state index in [0.29, 0.717) is 32.4 Å². The molecule has 0 fully saturated rings. The molecule has 206 valence electrons. The van der Waals surface area contributed by atoms with Gasteiger partial charge in [-0.25, -0.2) is 9.59 Å². The van der Waals surface area contributed by atoms with Crippen LogP contribution >= 0.6 is 0 Å². The van der Waals surface area contributed by atoms with E-state index in [1.54, 1.807) is 0 Å². The Morgan fingerprint density at radius 2 is 1.38 bits per heavy atom. The van der Waals surface area contributed by atoms with Crippen LogP contribution in [-0.2, 0) is 38.7 Å². The van der Waals surface area contributed by atoms with Crippen molar-refractivity contribution in [1.29, 1.82) is 0 Å². The molecule has 0 spiro atoms. The minimum atomic E-state index is -0.778. The van der Waals surface area contributed by atoms with Gasteiger partial charge in [0.1, 0.15) is 25.0 Å². The van der Waals surface area contributed by atoms with Crippen LogP contribution in [0.3, 0.4) is 0 Å². The fraction of sp³-hybridized carbons (Fsp3) is 0.323. The lowest BCUT2D eigenvalue weighted by Gasteiger charge is -2.17. The van der Waals surface area contributed by atoms with Gasteiger partial charge in [-0.15, -0.1) is 0 Å². The second kappa shape index (κ2) is 16.5. The van der Waals surface area contributed by atoms with Crippen molar-refractivity contribution >= 4 is 18.0 Å². The van der Waals surface area contributed by atoms with Crippen molar-refractivity contribution in [2.45, 2.75) is 51.4 Å². The summed E-state index contributed by atoms with van der Waals surface area (Å²) in [6.45, 7) is 1.15. The Bertz CT molecular complexity index is 1150. The SMILES string of the molecule is COC(=O)[C@H](Cc1ccc(OCc2ccccc2)cc1)NC(=O)CCCCCNC(=O)OCc1ccccc1. The molecule has 0 bridgehead atoms. The van der Waals surface area contributed by atoms with Crippen molar-refractivity contribution in [3.05, 3.63) is 102 Å². The van der Waals surface area contributed by atoms with E-state index in [9.17, 15) is 14.4 Å². The molecule has 0 aliphatic rings. The first-order valence-corrected chi connectivity index (χ1v) is 13.1. The molecule has 8 heteroatoms. The van der Waals surface area contributed by atoms with Gasteiger partial charge in [0.2, 0.25) is 5.91 Å². The number of nitrogens with one attached hydrogen (secondary N) is 2. The molecule has 0 heterocycles. The van der Waals surface area contributed by atoms with E-state index >= 15 is 0 Å². The van der Waals surface area contributed by atoms with Gasteiger partial charge in [-0.2, -0.15) is 0 Å². The molecule has 0 aromatic heterocycles. The first-order chi connectivity index (χ1) is 19.0. The molecule has 3 aromatic carbocycles. The van der Waals surface area contributed by atoms with Crippen LogP contribution in [0.2, 0.25) is 0 Å². The number of unbranched alkanes of at least 4 members (excludes halogenated alkanes) is 2. The Labute approximate surface area is 229 Å². The summed E-state index contributed by atoms with van der Waals surface area (Å²) >= 11 is 0. The number of ether oxygens (including phenoxy) is 3. The largest absolute Gasteiger partial charge is 0.489 e. The number of carbonyl (C=O) groups excluding carboxylic acids is 3. The normalized spacial score (nSPS) is 11.2. The van der Waals surface area contributed by atoms with Crippen LogP contribution < -0.4 is 15.4 Å². The first-order valence-electron chi connectivity index (χ1n) is 13.1. The predicted octanol–water partition coefficient (Wildman–Crippen LogP) is 4.95. The molecule has 3 aromatic rings. The molecule has 1 atom stereocenters. The molecule has 2 N–H and O–H groups in total. The van der Waals surface area contributed by atoms with Crippen molar-refractivity contribution in [3.63, 3.8) is 0 Å². The van der Waals surface area contributed by atoms with E-state index in [4.69, 9.17) is 14.2 Å². The average Bonchev–Trinajstić information content (AvgIpc) is 2.97. The zero-order valence-corrected chi connectivity index (χ0v) is 22.3. The van der Waals surface area contributed by atoms with Crippen LogP contribution in [0.5, 0.6) is 5.75 Å². The van der Waals surface area contributed by atoms with Gasteiger partial charge in [0.15, 0.2) is 0 Å². The maximum Gasteiger partial charge on any atom is 0.407 e. The highest BCUT2D eigenvalue weighted by atomic mass is 16.5. The lowest BCUT2D eigenvalue weighted by atomic mass is 10.1. The predicted molar refractivity (Wildman–Crippen MR) is 148 cm³/mol. The summed E-state index contributed by atoms with van der Waals surface area (Å²) in [6, 6.07) is 26.0. The fourth-order valence-electron chi connectivity index (χ4n) is 3.85. The first kappa shape index (κ1) is 29.2. The molecule has 3 rings (SSSR count). The number of methoxy groups -OCH3 is 1. The number of hydrogen-bond donors (Lipinski definition) is 2. The average molecular weight is 533 g/mol. The number of alkyl carbamates (subject to hydrolysis) is 1. The molecule has 0 saturated heterocycles. The highest BCUT2D eigenvalue weighted by Gasteiger charge is 2.21. The molecule has 0 unspecified atom stereocenters. The van der Waals surface area contributed by atoms with Gasteiger partial charge in [-0.05, 0) is 41.7 Å². The molecule has 0 saturated carbocycles. The second-order valence-corrected chi connectivity index (χ2v) is 9.06. The van der Waals surface area contributed by atoms with E-state index in [0.717, 1.165) is 28.9 Å². The Balaban J connectivity index is 1.32. The van der Waals surface area contributed by atoms with E-state index in [1.165, 1.54) is 7.11 Å². The molecule has 0 aliphatic carbocycles. The third-order valence-corrected chi connectivity index (χ3v) is 6.00. The Morgan fingerprint density at radius 3 is 2.03 bits per heavy atom. The van der Waals surface area contributed by atoms with Crippen LogP contribution in [0.1, 0.15) is 42.4 Å². The minimum Gasteiger partial charge on any atom is -0.489 e. The van der Waals surface area contributed by atoms with E-state index in [1.807, 2.05) is 84.9 Å². The lowest BCUT2D eigenvalue weighted by molar-refractivity contribution is -0.145. The number of carbonyl (C=O) groups is 3. The fourth-order valence-corrected chi connectivity index (χ4v) is 3.85. The third kappa shape index (κ3) is 11.3. The van der Waals surface area contributed by atoms with E-state index in [-0.39, 0.29) is 18.9 Å². The van der Waals surface area contributed by atoms with Crippen LogP contribution in [0.4, 0.5) is 4.79 Å². The van der Waals surface area contributed by atoms with Crippen LogP contribution in [0, 0.1) is 0 Å². The lowest BCUT2D eigenvalue weighted by Crippen LogP contribution is -2.43. The maximum atomic E-state index is 12.5. The number of esters is 1. The summed E-state index contributed by atoms with van der Waals surface area (Å²) in [7, 11) is 1.31. The van der Waals surface area contributed by atoms with Gasteiger partial charge in [0.05, 0.1) is 7.11 Å². The minimum absolute atomic E-state index is 0.219. The van der Waals surface area contributed by atoms with E-state index < -0.39 is 18.1 Å². The topological polar surface area (TPSA) is 103 Å². The van der Waals surface area contributed by atoms with Crippen molar-refractivity contribution in [2.24, 2.45) is 0 Å². The summed E-state index contributed by atoms with van der Waals surface area (Å²) < 4.78 is 15.9. The monoisotopic (exact) mass is 532 g/mol. The Hall–Kier alpha value is -4.33. The van der Waals surface area contributed by atoms with Gasteiger partial charge in [0, 0.05) is 19.4 Å². The number of rotatable bonds is 15. The second-order valence-electron chi connectivity index (χ2n) is 9.06. The van der Waals surface area contributed by atoms with Crippen molar-refractivity contribution in [2.75, 3.05) is 13.7 Å². The van der Waals surface area contributed by atoms with Crippen LogP contribution in [0.25, 0.3) is 0 Å². The van der Waals surface area contributed by atoms with Gasteiger partial charge < -0.3 is 24.8 Å². The number of benzene rings is 3. The van der Waals surface area contributed by atoms with Crippen molar-refractivity contribution in [1.82, 2.24) is 10.6 Å². The summed E-state index contributed by atoms with van der Waals surface area (Å²) in [6.07, 6.45) is 2.22. The maximum absolute atomic E-state index is 12.5. The van der Waals surface area contributed by atoms with Gasteiger partial charge in [-0.1, -0.05) is 79.2 Å². The molecule has 8 nitrogen and oxygen atoms in total. The van der Waals surface area contributed by atoms with Gasteiger partial charge >= 0.3 is 12.1 Å². The highest BCUT2D eigenvalue weighted by Crippen LogP contribution is 2.16. The van der Waals surface area contributed by atoms with Crippen molar-refractivity contribution in [3.8, 4) is 5.75 Å². The van der Waals surface area contributed by atoms with Gasteiger partial charge in [-0.3, -0.25) is 4.79 Å². The zero-order chi connectivity index (χ0) is 27.7. The highest BCUT2D eigenvalue weighted by molar-refractivity contribution is 5.84. The molecule has 0 aliphatic heterocycles. The smallest absolute Gasteiger partial charge is 0.407 e. The van der Waals surface area contributed by atoms with Crippen molar-refractivity contribution < 1.29 is 28.6 Å². The molecule has 2 amide bonds. The molecular weight excluding hydrogens is 496 g/mol. The Morgan fingerprint density at radius 1 is 0.744 bits per heavy atom. The zero-order valence-electron chi connectivity index (χ0n) is 22.3. The molecule has 39 heavy (non-hydrogen) atoms.